The molecule has 1 aliphatic rings. The first-order valence-electron chi connectivity index (χ1n) is 6.25. The number of piperidine rings is 1. The number of nitrogens with zero attached hydrogens (tertiary/aromatic N) is 2. The van der Waals surface area contributed by atoms with Crippen LogP contribution >= 0.6 is 15.9 Å². The minimum absolute atomic E-state index is 0.107. The minimum atomic E-state index is -0.363. The molecule has 0 aliphatic carbocycles. The molecule has 3 N–H and O–H groups in total. The normalized spacial score (nSPS) is 20.7. The highest BCUT2D eigenvalue weighted by Crippen LogP contribution is 2.31. The van der Waals surface area contributed by atoms with Crippen molar-refractivity contribution >= 4 is 27.5 Å². The topological polar surface area (TPSA) is 61.8 Å². The van der Waals surface area contributed by atoms with E-state index in [2.05, 4.69) is 28.0 Å². The highest BCUT2D eigenvalue weighted by atomic mass is 79.9. The van der Waals surface area contributed by atoms with Gasteiger partial charge in [-0.15, -0.1) is 0 Å². The summed E-state index contributed by atoms with van der Waals surface area (Å²) in [7, 11) is 0. The van der Waals surface area contributed by atoms with Gasteiger partial charge in [-0.3, -0.25) is 0 Å². The first-order chi connectivity index (χ1) is 9.04. The van der Waals surface area contributed by atoms with Crippen LogP contribution in [-0.4, -0.2) is 24.1 Å². The Morgan fingerprint density at radius 2 is 2.32 bits per heavy atom. The molecule has 0 amide bonds. The summed E-state index contributed by atoms with van der Waals surface area (Å²) in [6.07, 6.45) is 2.25. The van der Waals surface area contributed by atoms with Gasteiger partial charge in [0.25, 0.3) is 0 Å². The van der Waals surface area contributed by atoms with E-state index in [-0.39, 0.29) is 16.1 Å². The van der Waals surface area contributed by atoms with Crippen LogP contribution in [0.25, 0.3) is 0 Å². The quantitative estimate of drug-likeness (QED) is 0.379. The Morgan fingerprint density at radius 3 is 2.95 bits per heavy atom. The maximum Gasteiger partial charge on any atom is 0.171 e. The van der Waals surface area contributed by atoms with E-state index in [4.69, 9.17) is 10.9 Å². The largest absolute Gasteiger partial charge is 0.409 e. The van der Waals surface area contributed by atoms with Gasteiger partial charge >= 0.3 is 0 Å². The zero-order valence-electron chi connectivity index (χ0n) is 10.7. The van der Waals surface area contributed by atoms with Crippen LogP contribution in [0.1, 0.15) is 25.3 Å². The standard InChI is InChI=1S/C13H17BrFN3O/c1-8-3-2-6-18(7-8)10-5-4-9(13(16)17-19)11(14)12(10)15/h4-5,8,19H,2-3,6-7H2,1H3,(H2,16,17). The Balaban J connectivity index is 2.35. The van der Waals surface area contributed by atoms with E-state index in [1.807, 2.05) is 4.90 Å². The third kappa shape index (κ3) is 2.83. The number of nitrogens with two attached hydrogens (primary N) is 1. The fourth-order valence-electron chi connectivity index (χ4n) is 2.44. The minimum Gasteiger partial charge on any atom is -0.409 e. The molecule has 0 aromatic heterocycles. The Bertz CT molecular complexity index is 507. The molecular weight excluding hydrogens is 313 g/mol. The molecule has 4 nitrogen and oxygen atoms in total. The molecule has 2 rings (SSSR count). The van der Waals surface area contributed by atoms with Crippen molar-refractivity contribution in [3.8, 4) is 0 Å². The smallest absolute Gasteiger partial charge is 0.171 e. The van der Waals surface area contributed by atoms with Crippen molar-refractivity contribution in [3.05, 3.63) is 28.0 Å². The number of hydrogen-bond acceptors (Lipinski definition) is 3. The first kappa shape index (κ1) is 14.1. The van der Waals surface area contributed by atoms with Crippen molar-refractivity contribution in [1.29, 1.82) is 0 Å². The van der Waals surface area contributed by atoms with E-state index in [9.17, 15) is 4.39 Å². The van der Waals surface area contributed by atoms with Gasteiger partial charge in [-0.25, -0.2) is 4.39 Å². The number of benzene rings is 1. The molecule has 19 heavy (non-hydrogen) atoms. The zero-order valence-corrected chi connectivity index (χ0v) is 12.3. The summed E-state index contributed by atoms with van der Waals surface area (Å²) < 4.78 is 14.6. The number of oxime groups is 1. The van der Waals surface area contributed by atoms with E-state index < -0.39 is 0 Å². The highest BCUT2D eigenvalue weighted by Gasteiger charge is 2.22. The highest BCUT2D eigenvalue weighted by molar-refractivity contribution is 9.10. The van der Waals surface area contributed by atoms with Gasteiger partial charge < -0.3 is 15.8 Å². The molecule has 1 atom stereocenters. The van der Waals surface area contributed by atoms with E-state index in [1.54, 1.807) is 12.1 Å². The first-order valence-corrected chi connectivity index (χ1v) is 7.04. The summed E-state index contributed by atoms with van der Waals surface area (Å²) in [5.74, 6) is 0.0956. The van der Waals surface area contributed by atoms with Gasteiger partial charge in [0.1, 0.15) is 0 Å². The van der Waals surface area contributed by atoms with E-state index in [0.717, 1.165) is 19.5 Å². The van der Waals surface area contributed by atoms with Gasteiger partial charge in [-0.1, -0.05) is 12.1 Å². The Labute approximate surface area is 120 Å². The lowest BCUT2D eigenvalue weighted by molar-refractivity contribution is 0.318. The number of hydrogen-bond donors (Lipinski definition) is 2. The summed E-state index contributed by atoms with van der Waals surface area (Å²) in [6.45, 7) is 3.88. The van der Waals surface area contributed by atoms with Crippen LogP contribution in [0, 0.1) is 11.7 Å². The SMILES string of the molecule is CC1CCCN(c2ccc(/C(N)=N/O)c(Br)c2F)C1. The molecule has 1 aliphatic heterocycles. The fourth-order valence-corrected chi connectivity index (χ4v) is 2.98. The summed E-state index contributed by atoms with van der Waals surface area (Å²) >= 11 is 3.18. The average molecular weight is 330 g/mol. The summed E-state index contributed by atoms with van der Waals surface area (Å²) in [5, 5.41) is 11.6. The lowest BCUT2D eigenvalue weighted by Gasteiger charge is -2.33. The second-order valence-electron chi connectivity index (χ2n) is 4.94. The molecule has 1 unspecified atom stereocenters. The maximum atomic E-state index is 14.4. The molecule has 1 saturated heterocycles. The summed E-state index contributed by atoms with van der Waals surface area (Å²) in [5.41, 5.74) is 6.42. The molecular formula is C13H17BrFN3O. The van der Waals surface area contributed by atoms with Crippen molar-refractivity contribution in [3.63, 3.8) is 0 Å². The van der Waals surface area contributed by atoms with E-state index >= 15 is 0 Å². The van der Waals surface area contributed by atoms with Crippen LogP contribution in [0.2, 0.25) is 0 Å². The fraction of sp³-hybridized carbons (Fsp3) is 0.462. The molecule has 0 radical (unpaired) electrons. The van der Waals surface area contributed by atoms with Crippen LogP contribution in [0.15, 0.2) is 21.8 Å². The van der Waals surface area contributed by atoms with Crippen molar-refractivity contribution in [2.45, 2.75) is 19.8 Å². The number of halogens is 2. The van der Waals surface area contributed by atoms with Crippen molar-refractivity contribution < 1.29 is 9.60 Å². The van der Waals surface area contributed by atoms with Crippen molar-refractivity contribution in [1.82, 2.24) is 0 Å². The van der Waals surface area contributed by atoms with Crippen molar-refractivity contribution in [2.24, 2.45) is 16.8 Å². The Kier molecular flexibility index (Phi) is 4.29. The van der Waals surface area contributed by atoms with Gasteiger partial charge in [0, 0.05) is 18.7 Å². The number of rotatable bonds is 2. The monoisotopic (exact) mass is 329 g/mol. The van der Waals surface area contributed by atoms with E-state index in [0.29, 0.717) is 17.2 Å². The summed E-state index contributed by atoms with van der Waals surface area (Å²) in [6, 6.07) is 3.35. The molecule has 0 spiro atoms. The van der Waals surface area contributed by atoms with Crippen LogP contribution in [0.3, 0.4) is 0 Å². The maximum absolute atomic E-state index is 14.4. The van der Waals surface area contributed by atoms with E-state index in [1.165, 1.54) is 6.42 Å². The van der Waals surface area contributed by atoms with Gasteiger partial charge in [0.2, 0.25) is 0 Å². The third-order valence-electron chi connectivity index (χ3n) is 3.44. The predicted octanol–water partition coefficient (Wildman–Crippen LogP) is 2.92. The number of amidine groups is 1. The van der Waals surface area contributed by atoms with Gasteiger partial charge in [0.15, 0.2) is 11.7 Å². The van der Waals surface area contributed by atoms with Gasteiger partial charge in [-0.2, -0.15) is 0 Å². The molecule has 1 fully saturated rings. The second kappa shape index (κ2) is 5.77. The molecule has 1 aromatic rings. The van der Waals surface area contributed by atoms with Crippen LogP contribution in [-0.2, 0) is 0 Å². The molecule has 1 aromatic carbocycles. The lowest BCUT2D eigenvalue weighted by atomic mass is 9.99. The average Bonchev–Trinajstić information content (AvgIpc) is 2.41. The van der Waals surface area contributed by atoms with Gasteiger partial charge in [-0.05, 0) is 46.8 Å². The second-order valence-corrected chi connectivity index (χ2v) is 5.73. The van der Waals surface area contributed by atoms with Crippen LogP contribution < -0.4 is 10.6 Å². The van der Waals surface area contributed by atoms with Crippen LogP contribution in [0.5, 0.6) is 0 Å². The molecule has 6 heteroatoms. The van der Waals surface area contributed by atoms with Gasteiger partial charge in [0.05, 0.1) is 10.2 Å². The predicted molar refractivity (Wildman–Crippen MR) is 77.2 cm³/mol. The molecule has 0 saturated carbocycles. The number of anilines is 1. The molecule has 0 bridgehead atoms. The Hall–Kier alpha value is -1.30. The third-order valence-corrected chi connectivity index (χ3v) is 4.22. The molecule has 1 heterocycles. The van der Waals surface area contributed by atoms with Crippen molar-refractivity contribution in [2.75, 3.05) is 18.0 Å². The lowest BCUT2D eigenvalue weighted by Crippen LogP contribution is -2.35. The zero-order chi connectivity index (χ0) is 14.0. The van der Waals surface area contributed by atoms with Crippen LogP contribution in [0.4, 0.5) is 10.1 Å². The summed E-state index contributed by atoms with van der Waals surface area (Å²) in [4.78, 5) is 2.05. The Morgan fingerprint density at radius 1 is 1.58 bits per heavy atom. The molecule has 104 valence electrons.